The van der Waals surface area contributed by atoms with E-state index in [4.69, 9.17) is 22.1 Å². The third-order valence-electron chi connectivity index (χ3n) is 3.25. The van der Waals surface area contributed by atoms with Crippen molar-refractivity contribution in [2.45, 2.75) is 31.9 Å². The molecule has 2 rings (SSSR count). The number of carbonyl (C=O) groups is 1. The lowest BCUT2D eigenvalue weighted by Gasteiger charge is -2.17. The van der Waals surface area contributed by atoms with Crippen LogP contribution in [0.5, 0.6) is 5.75 Å². The first-order chi connectivity index (χ1) is 9.08. The van der Waals surface area contributed by atoms with Gasteiger partial charge >= 0.3 is 0 Å². The van der Waals surface area contributed by atoms with Gasteiger partial charge in [0.25, 0.3) is 5.91 Å². The summed E-state index contributed by atoms with van der Waals surface area (Å²) in [6, 6.07) is 7.15. The maximum absolute atomic E-state index is 11.9. The lowest BCUT2D eigenvalue weighted by atomic mass is 10.2. The van der Waals surface area contributed by atoms with Crippen molar-refractivity contribution in [3.8, 4) is 5.75 Å². The van der Waals surface area contributed by atoms with Crippen LogP contribution >= 0.6 is 24.0 Å². The number of ether oxygens (including phenoxy) is 1. The van der Waals surface area contributed by atoms with Crippen LogP contribution in [0.15, 0.2) is 24.3 Å². The molecule has 1 aromatic carbocycles. The van der Waals surface area contributed by atoms with Crippen molar-refractivity contribution >= 4 is 29.9 Å². The Morgan fingerprint density at radius 3 is 2.75 bits per heavy atom. The molecule has 1 amide bonds. The van der Waals surface area contributed by atoms with E-state index >= 15 is 0 Å². The number of para-hydroxylation sites is 1. The normalized spacial score (nSPS) is 16.8. The van der Waals surface area contributed by atoms with Crippen LogP contribution in [0.4, 0.5) is 0 Å². The maximum Gasteiger partial charge on any atom is 0.260 e. The Balaban J connectivity index is 0.00000200. The van der Waals surface area contributed by atoms with Gasteiger partial charge in [-0.3, -0.25) is 4.79 Å². The molecule has 1 fully saturated rings. The highest BCUT2D eigenvalue weighted by molar-refractivity contribution is 6.32. The van der Waals surface area contributed by atoms with Gasteiger partial charge in [0.2, 0.25) is 0 Å². The molecule has 0 heterocycles. The van der Waals surface area contributed by atoms with Gasteiger partial charge in [-0.15, -0.1) is 12.4 Å². The van der Waals surface area contributed by atoms with Crippen molar-refractivity contribution in [1.29, 1.82) is 0 Å². The molecule has 0 saturated heterocycles. The number of hydrogen-bond donors (Lipinski definition) is 2. The van der Waals surface area contributed by atoms with Gasteiger partial charge in [-0.2, -0.15) is 0 Å². The number of halogens is 2. The molecule has 1 saturated carbocycles. The molecule has 0 bridgehead atoms. The Morgan fingerprint density at radius 1 is 1.50 bits per heavy atom. The molecule has 2 atom stereocenters. The molecule has 4 nitrogen and oxygen atoms in total. The van der Waals surface area contributed by atoms with Gasteiger partial charge in [-0.05, 0) is 37.8 Å². The minimum absolute atomic E-state index is 0. The molecule has 2 unspecified atom stereocenters. The molecule has 0 radical (unpaired) electrons. The summed E-state index contributed by atoms with van der Waals surface area (Å²) in [6.07, 6.45) is 1.75. The van der Waals surface area contributed by atoms with Gasteiger partial charge in [-0.25, -0.2) is 0 Å². The van der Waals surface area contributed by atoms with Crippen LogP contribution in [0.2, 0.25) is 5.02 Å². The fraction of sp³-hybridized carbons (Fsp3) is 0.500. The zero-order valence-corrected chi connectivity index (χ0v) is 12.9. The van der Waals surface area contributed by atoms with Crippen LogP contribution in [-0.2, 0) is 4.79 Å². The fourth-order valence-corrected chi connectivity index (χ4v) is 2.02. The highest BCUT2D eigenvalue weighted by atomic mass is 35.5. The van der Waals surface area contributed by atoms with Crippen LogP contribution in [0, 0.1) is 5.92 Å². The second-order valence-electron chi connectivity index (χ2n) is 4.94. The molecule has 0 aromatic heterocycles. The number of nitrogens with two attached hydrogens (primary N) is 1. The molecule has 6 heteroatoms. The summed E-state index contributed by atoms with van der Waals surface area (Å²) in [5.74, 6) is 0.912. The zero-order chi connectivity index (χ0) is 13.8. The Morgan fingerprint density at radius 2 is 2.15 bits per heavy atom. The summed E-state index contributed by atoms with van der Waals surface area (Å²) >= 11 is 5.97. The van der Waals surface area contributed by atoms with Crippen molar-refractivity contribution in [3.05, 3.63) is 29.3 Å². The summed E-state index contributed by atoms with van der Waals surface area (Å²) in [5, 5.41) is 3.31. The van der Waals surface area contributed by atoms with Crippen molar-refractivity contribution in [1.82, 2.24) is 5.32 Å². The third kappa shape index (κ3) is 4.85. The Hall–Kier alpha value is -0.970. The van der Waals surface area contributed by atoms with Gasteiger partial charge in [0, 0.05) is 12.6 Å². The number of benzene rings is 1. The summed E-state index contributed by atoms with van der Waals surface area (Å²) in [5.41, 5.74) is 5.93. The topological polar surface area (TPSA) is 64.3 Å². The number of hydrogen-bond acceptors (Lipinski definition) is 3. The summed E-state index contributed by atoms with van der Waals surface area (Å²) in [6.45, 7) is 2.20. The molecule has 1 aliphatic carbocycles. The Bertz CT molecular complexity index is 453. The Labute approximate surface area is 130 Å². The third-order valence-corrected chi connectivity index (χ3v) is 3.56. The highest BCUT2D eigenvalue weighted by Crippen LogP contribution is 2.31. The monoisotopic (exact) mass is 318 g/mol. The van der Waals surface area contributed by atoms with Gasteiger partial charge < -0.3 is 15.8 Å². The first-order valence-electron chi connectivity index (χ1n) is 6.52. The zero-order valence-electron chi connectivity index (χ0n) is 11.3. The molecule has 1 aromatic rings. The first-order valence-corrected chi connectivity index (χ1v) is 6.90. The molecule has 0 spiro atoms. The van der Waals surface area contributed by atoms with Crippen molar-refractivity contribution in [2.75, 3.05) is 6.54 Å². The summed E-state index contributed by atoms with van der Waals surface area (Å²) in [4.78, 5) is 11.9. The predicted molar refractivity (Wildman–Crippen MR) is 82.5 cm³/mol. The minimum atomic E-state index is -0.591. The van der Waals surface area contributed by atoms with Crippen LogP contribution in [0.25, 0.3) is 0 Å². The molecule has 3 N–H and O–H groups in total. The number of rotatable bonds is 6. The smallest absolute Gasteiger partial charge is 0.260 e. The van der Waals surface area contributed by atoms with E-state index in [1.807, 2.05) is 12.1 Å². The van der Waals surface area contributed by atoms with E-state index in [-0.39, 0.29) is 24.4 Å². The molecule has 1 aliphatic rings. The first kappa shape index (κ1) is 17.1. The van der Waals surface area contributed by atoms with Crippen molar-refractivity contribution < 1.29 is 9.53 Å². The maximum atomic E-state index is 11.9. The van der Waals surface area contributed by atoms with E-state index in [2.05, 4.69) is 5.32 Å². The molecule has 0 aliphatic heterocycles. The second-order valence-corrected chi connectivity index (χ2v) is 5.34. The van der Waals surface area contributed by atoms with E-state index in [1.165, 1.54) is 12.8 Å². The molecule has 20 heavy (non-hydrogen) atoms. The van der Waals surface area contributed by atoms with Gasteiger partial charge in [0.1, 0.15) is 5.75 Å². The van der Waals surface area contributed by atoms with Crippen molar-refractivity contribution in [3.63, 3.8) is 0 Å². The molecule has 112 valence electrons. The number of amides is 1. The van der Waals surface area contributed by atoms with Crippen LogP contribution in [0.3, 0.4) is 0 Å². The van der Waals surface area contributed by atoms with E-state index in [1.54, 1.807) is 19.1 Å². The van der Waals surface area contributed by atoms with E-state index in [0.717, 1.165) is 0 Å². The quantitative estimate of drug-likeness (QED) is 0.846. The molecular formula is C14H20Cl2N2O2. The average molecular weight is 319 g/mol. The largest absolute Gasteiger partial charge is 0.479 e. The average Bonchev–Trinajstić information content (AvgIpc) is 3.22. The van der Waals surface area contributed by atoms with Crippen LogP contribution in [0.1, 0.15) is 19.8 Å². The summed E-state index contributed by atoms with van der Waals surface area (Å²) in [7, 11) is 0. The van der Waals surface area contributed by atoms with Crippen LogP contribution < -0.4 is 15.8 Å². The minimum Gasteiger partial charge on any atom is -0.479 e. The standard InChI is InChI=1S/C14H19ClN2O2.ClH/c1-9(19-13-5-3-2-4-11(13)15)14(18)17-8-12(16)10-6-7-10;/h2-5,9-10,12H,6-8,16H2,1H3,(H,17,18);1H. The number of nitrogens with one attached hydrogen (secondary N) is 1. The SMILES string of the molecule is CC(Oc1ccccc1Cl)C(=O)NCC(N)C1CC1.Cl. The van der Waals surface area contributed by atoms with Gasteiger partial charge in [-0.1, -0.05) is 23.7 Å². The summed E-state index contributed by atoms with van der Waals surface area (Å²) < 4.78 is 5.53. The second kappa shape index (κ2) is 7.72. The van der Waals surface area contributed by atoms with Crippen LogP contribution in [-0.4, -0.2) is 24.6 Å². The Kier molecular flexibility index (Phi) is 6.59. The van der Waals surface area contributed by atoms with E-state index in [0.29, 0.717) is 23.2 Å². The van der Waals surface area contributed by atoms with E-state index < -0.39 is 6.10 Å². The predicted octanol–water partition coefficient (Wildman–Crippen LogP) is 2.38. The lowest BCUT2D eigenvalue weighted by molar-refractivity contribution is -0.127. The number of carbonyl (C=O) groups excluding carboxylic acids is 1. The highest BCUT2D eigenvalue weighted by Gasteiger charge is 2.29. The van der Waals surface area contributed by atoms with Gasteiger partial charge in [0.15, 0.2) is 6.10 Å². The van der Waals surface area contributed by atoms with Crippen molar-refractivity contribution in [2.24, 2.45) is 11.7 Å². The van der Waals surface area contributed by atoms with E-state index in [9.17, 15) is 4.79 Å². The molecular weight excluding hydrogens is 299 g/mol. The lowest BCUT2D eigenvalue weighted by Crippen LogP contribution is -2.43. The fourth-order valence-electron chi connectivity index (χ4n) is 1.84. The van der Waals surface area contributed by atoms with Gasteiger partial charge in [0.05, 0.1) is 5.02 Å².